The zero-order chi connectivity index (χ0) is 18.2. The molecular weight excluding hydrogens is 316 g/mol. The van der Waals surface area contributed by atoms with Crippen LogP contribution in [0.4, 0.5) is 4.79 Å². The van der Waals surface area contributed by atoms with Gasteiger partial charge in [0.25, 0.3) is 0 Å². The number of carbonyl (C=O) groups is 1. The number of hydrogen-bond donors (Lipinski definition) is 3. The Morgan fingerprint density at radius 3 is 2.16 bits per heavy atom. The fourth-order valence-electron chi connectivity index (χ4n) is 2.35. The molecule has 2 rings (SSSR count). The van der Waals surface area contributed by atoms with E-state index in [4.69, 9.17) is 9.84 Å². The van der Waals surface area contributed by atoms with Crippen LogP contribution >= 0.6 is 0 Å². The third-order valence-electron chi connectivity index (χ3n) is 3.85. The average Bonchev–Trinajstić information content (AvgIpc) is 2.60. The molecule has 0 heterocycles. The zero-order valence-electron chi connectivity index (χ0n) is 15.0. The molecule has 2 aromatic carbocycles. The monoisotopic (exact) mass is 342 g/mol. The smallest absolute Gasteiger partial charge is 0.317 e. The fraction of sp³-hybridized carbons (Fsp3) is 0.350. The number of amides is 2. The fourth-order valence-corrected chi connectivity index (χ4v) is 2.35. The molecule has 2 amide bonds. The van der Waals surface area contributed by atoms with Crippen LogP contribution in [0.3, 0.4) is 0 Å². The molecule has 0 bridgehead atoms. The first kappa shape index (κ1) is 18.8. The van der Waals surface area contributed by atoms with Gasteiger partial charge in [0.1, 0.15) is 5.75 Å². The van der Waals surface area contributed by atoms with Gasteiger partial charge in [0.05, 0.1) is 6.61 Å². The molecule has 1 atom stereocenters. The molecule has 0 aliphatic carbocycles. The number of rotatable bonds is 7. The number of hydrogen-bond acceptors (Lipinski definition) is 3. The molecule has 0 radical (unpaired) electrons. The largest absolute Gasteiger partial charge is 0.471 e. The lowest BCUT2D eigenvalue weighted by Gasteiger charge is -2.17. The molecule has 0 saturated heterocycles. The molecule has 5 nitrogen and oxygen atoms in total. The van der Waals surface area contributed by atoms with Crippen molar-refractivity contribution in [1.82, 2.24) is 10.6 Å². The predicted molar refractivity (Wildman–Crippen MR) is 98.4 cm³/mol. The van der Waals surface area contributed by atoms with Gasteiger partial charge in [0.2, 0.25) is 0 Å². The maximum atomic E-state index is 11.9. The highest BCUT2D eigenvalue weighted by molar-refractivity contribution is 5.74. The second-order valence-corrected chi connectivity index (χ2v) is 6.29. The van der Waals surface area contributed by atoms with Crippen LogP contribution in [-0.2, 0) is 13.2 Å². The van der Waals surface area contributed by atoms with Crippen molar-refractivity contribution in [2.75, 3.05) is 0 Å². The maximum Gasteiger partial charge on any atom is 0.317 e. The van der Waals surface area contributed by atoms with Gasteiger partial charge in [-0.05, 0) is 41.7 Å². The summed E-state index contributed by atoms with van der Waals surface area (Å²) >= 11 is 0. The van der Waals surface area contributed by atoms with E-state index in [0.717, 1.165) is 16.9 Å². The van der Waals surface area contributed by atoms with Crippen molar-refractivity contribution in [1.29, 1.82) is 0 Å². The number of aliphatic hydroxyl groups excluding tert-OH is 1. The molecule has 3 N–H and O–H groups in total. The van der Waals surface area contributed by atoms with Crippen molar-refractivity contribution in [2.24, 2.45) is 0 Å². The Balaban J connectivity index is 1.77. The van der Waals surface area contributed by atoms with Gasteiger partial charge in [0.15, 0.2) is 6.23 Å². The van der Waals surface area contributed by atoms with Gasteiger partial charge in [-0.25, -0.2) is 4.79 Å². The highest BCUT2D eigenvalue weighted by atomic mass is 16.5. The van der Waals surface area contributed by atoms with Crippen molar-refractivity contribution in [3.8, 4) is 5.75 Å². The van der Waals surface area contributed by atoms with Gasteiger partial charge >= 0.3 is 6.03 Å². The van der Waals surface area contributed by atoms with Crippen molar-refractivity contribution in [3.05, 3.63) is 65.2 Å². The number of nitrogens with one attached hydrogen (secondary N) is 2. The summed E-state index contributed by atoms with van der Waals surface area (Å²) in [5, 5.41) is 14.5. The summed E-state index contributed by atoms with van der Waals surface area (Å²) in [5.41, 5.74) is 3.06. The van der Waals surface area contributed by atoms with Crippen LogP contribution < -0.4 is 15.4 Å². The Hall–Kier alpha value is -2.53. The van der Waals surface area contributed by atoms with Gasteiger partial charge in [-0.15, -0.1) is 0 Å². The van der Waals surface area contributed by atoms with Crippen LogP contribution in [0, 0.1) is 0 Å². The van der Waals surface area contributed by atoms with E-state index in [9.17, 15) is 4.79 Å². The summed E-state index contributed by atoms with van der Waals surface area (Å²) < 4.78 is 5.70. The second-order valence-electron chi connectivity index (χ2n) is 6.29. The van der Waals surface area contributed by atoms with E-state index in [1.54, 1.807) is 6.92 Å². The summed E-state index contributed by atoms with van der Waals surface area (Å²) in [5.74, 6) is 1.19. The summed E-state index contributed by atoms with van der Waals surface area (Å²) in [6, 6.07) is 15.0. The molecule has 0 fully saturated rings. The molecule has 1 unspecified atom stereocenters. The van der Waals surface area contributed by atoms with E-state index in [1.165, 1.54) is 5.56 Å². The molecule has 0 spiro atoms. The molecule has 25 heavy (non-hydrogen) atoms. The lowest BCUT2D eigenvalue weighted by Crippen LogP contribution is -2.43. The first-order valence-corrected chi connectivity index (χ1v) is 8.47. The molecule has 0 aliphatic heterocycles. The number of carbonyl (C=O) groups excluding carboxylic acids is 1. The van der Waals surface area contributed by atoms with Crippen molar-refractivity contribution in [3.63, 3.8) is 0 Å². The van der Waals surface area contributed by atoms with E-state index < -0.39 is 6.23 Å². The number of benzene rings is 2. The molecule has 134 valence electrons. The normalized spacial score (nSPS) is 11.9. The quantitative estimate of drug-likeness (QED) is 0.674. The number of ether oxygens (including phenoxy) is 1. The predicted octanol–water partition coefficient (Wildman–Crippen LogP) is 3.53. The summed E-state index contributed by atoms with van der Waals surface area (Å²) in [6.07, 6.45) is -0.443. The summed E-state index contributed by atoms with van der Waals surface area (Å²) in [4.78, 5) is 11.9. The van der Waals surface area contributed by atoms with Crippen LogP contribution in [0.1, 0.15) is 43.4 Å². The standard InChI is InChI=1S/C20H26N2O3/c1-14(2)18-8-10-19(11-9-18)25-15(3)22-20(24)21-12-16-4-6-17(13-23)7-5-16/h4-11,14-15,23H,12-13H2,1-3H3,(H2,21,22,24). The van der Waals surface area contributed by atoms with E-state index in [0.29, 0.717) is 12.5 Å². The van der Waals surface area contributed by atoms with Gasteiger partial charge in [-0.3, -0.25) is 0 Å². The highest BCUT2D eigenvalue weighted by Crippen LogP contribution is 2.19. The van der Waals surface area contributed by atoms with Crippen molar-refractivity contribution >= 4 is 6.03 Å². The third kappa shape index (κ3) is 6.12. The van der Waals surface area contributed by atoms with Crippen LogP contribution in [-0.4, -0.2) is 17.4 Å². The minimum absolute atomic E-state index is 0.0151. The average molecular weight is 342 g/mol. The van der Waals surface area contributed by atoms with E-state index in [-0.39, 0.29) is 12.6 Å². The van der Waals surface area contributed by atoms with Crippen LogP contribution in [0.5, 0.6) is 5.75 Å². The third-order valence-corrected chi connectivity index (χ3v) is 3.85. The van der Waals surface area contributed by atoms with Crippen LogP contribution in [0.2, 0.25) is 0 Å². The summed E-state index contributed by atoms with van der Waals surface area (Å²) in [7, 11) is 0. The Morgan fingerprint density at radius 1 is 1.00 bits per heavy atom. The van der Waals surface area contributed by atoms with Crippen LogP contribution in [0.25, 0.3) is 0 Å². The number of urea groups is 1. The minimum atomic E-state index is -0.443. The Bertz CT molecular complexity index is 666. The van der Waals surface area contributed by atoms with Crippen molar-refractivity contribution < 1.29 is 14.6 Å². The maximum absolute atomic E-state index is 11.9. The molecule has 0 aliphatic rings. The van der Waals surface area contributed by atoms with Gasteiger partial charge < -0.3 is 20.5 Å². The topological polar surface area (TPSA) is 70.6 Å². The lowest BCUT2D eigenvalue weighted by molar-refractivity contribution is 0.177. The Labute approximate surface area is 149 Å². The van der Waals surface area contributed by atoms with Gasteiger partial charge in [0, 0.05) is 6.54 Å². The molecule has 5 heteroatoms. The highest BCUT2D eigenvalue weighted by Gasteiger charge is 2.08. The Morgan fingerprint density at radius 2 is 1.60 bits per heavy atom. The van der Waals surface area contributed by atoms with Crippen molar-refractivity contribution in [2.45, 2.75) is 46.1 Å². The van der Waals surface area contributed by atoms with E-state index in [2.05, 4.69) is 24.5 Å². The van der Waals surface area contributed by atoms with Crippen LogP contribution in [0.15, 0.2) is 48.5 Å². The minimum Gasteiger partial charge on any atom is -0.471 e. The molecular formula is C20H26N2O3. The number of aliphatic hydroxyl groups is 1. The molecule has 2 aromatic rings. The SMILES string of the molecule is CC(NC(=O)NCc1ccc(CO)cc1)Oc1ccc(C(C)C)cc1. The molecule has 0 saturated carbocycles. The van der Waals surface area contributed by atoms with Gasteiger partial charge in [-0.2, -0.15) is 0 Å². The van der Waals surface area contributed by atoms with E-state index in [1.807, 2.05) is 48.5 Å². The first-order chi connectivity index (χ1) is 12.0. The van der Waals surface area contributed by atoms with Gasteiger partial charge in [-0.1, -0.05) is 50.2 Å². The summed E-state index contributed by atoms with van der Waals surface area (Å²) in [6.45, 7) is 6.49. The first-order valence-electron chi connectivity index (χ1n) is 8.47. The lowest BCUT2D eigenvalue weighted by atomic mass is 10.0. The van der Waals surface area contributed by atoms with E-state index >= 15 is 0 Å². The molecule has 0 aromatic heterocycles. The Kier molecular flexibility index (Phi) is 6.83. The second kappa shape index (κ2) is 9.08. The zero-order valence-corrected chi connectivity index (χ0v) is 15.0.